The van der Waals surface area contributed by atoms with Crippen LogP contribution in [0.2, 0.25) is 0 Å². The highest BCUT2D eigenvalue weighted by atomic mass is 15.0. The van der Waals surface area contributed by atoms with Crippen LogP contribution in [0.5, 0.6) is 0 Å². The van der Waals surface area contributed by atoms with Gasteiger partial charge in [-0.25, -0.2) is 0 Å². The number of nitrogens with one attached hydrogen (secondary N) is 1. The van der Waals surface area contributed by atoms with Crippen LogP contribution >= 0.6 is 0 Å². The van der Waals surface area contributed by atoms with Crippen LogP contribution in [0.3, 0.4) is 0 Å². The van der Waals surface area contributed by atoms with Crippen molar-refractivity contribution in [2.45, 2.75) is 77.8 Å². The van der Waals surface area contributed by atoms with E-state index in [1.807, 2.05) is 0 Å². The van der Waals surface area contributed by atoms with Crippen LogP contribution in [-0.2, 0) is 0 Å². The Labute approximate surface area is 131 Å². The Bertz CT molecular complexity index is 376. The van der Waals surface area contributed by atoms with Crippen LogP contribution in [0.25, 0.3) is 0 Å². The van der Waals surface area contributed by atoms with Crippen molar-refractivity contribution in [2.24, 2.45) is 11.8 Å². The maximum absolute atomic E-state index is 4.00. The van der Waals surface area contributed by atoms with E-state index in [1.165, 1.54) is 50.5 Å². The van der Waals surface area contributed by atoms with Gasteiger partial charge in [-0.2, -0.15) is 0 Å². The highest BCUT2D eigenvalue weighted by Gasteiger charge is 2.27. The number of rotatable bonds is 7. The van der Waals surface area contributed by atoms with Gasteiger partial charge in [-0.1, -0.05) is 76.3 Å². The van der Waals surface area contributed by atoms with E-state index in [0.717, 1.165) is 11.8 Å². The number of hydrogen-bond acceptors (Lipinski definition) is 1. The number of hydrogen-bond donors (Lipinski definition) is 1. The van der Waals surface area contributed by atoms with E-state index in [1.54, 1.807) is 0 Å². The van der Waals surface area contributed by atoms with Crippen molar-refractivity contribution < 1.29 is 0 Å². The van der Waals surface area contributed by atoms with E-state index < -0.39 is 0 Å². The Morgan fingerprint density at radius 3 is 2.19 bits per heavy atom. The smallest absolute Gasteiger partial charge is 0.0351 e. The predicted molar refractivity (Wildman–Crippen MR) is 92.4 cm³/mol. The Balaban J connectivity index is 2.11. The first-order chi connectivity index (χ1) is 10.3. The van der Waals surface area contributed by atoms with Gasteiger partial charge >= 0.3 is 0 Å². The normalized spacial score (nSPS) is 19.6. The molecule has 1 aliphatic carbocycles. The fourth-order valence-corrected chi connectivity index (χ4v) is 4.05. The minimum absolute atomic E-state index is 0.544. The minimum Gasteiger partial charge on any atom is -0.307 e. The Morgan fingerprint density at radius 1 is 1.00 bits per heavy atom. The molecule has 2 rings (SSSR count). The molecule has 1 nitrogen and oxygen atoms in total. The zero-order valence-electron chi connectivity index (χ0n) is 14.1. The molecule has 0 radical (unpaired) electrons. The quantitative estimate of drug-likeness (QED) is 0.676. The second-order valence-corrected chi connectivity index (χ2v) is 6.82. The third kappa shape index (κ3) is 4.57. The van der Waals surface area contributed by atoms with Crippen LogP contribution in [0.1, 0.15) is 77.3 Å². The first-order valence-electron chi connectivity index (χ1n) is 9.07. The summed E-state index contributed by atoms with van der Waals surface area (Å²) in [6.07, 6.45) is 9.59. The van der Waals surface area contributed by atoms with E-state index in [2.05, 4.69) is 56.4 Å². The summed E-state index contributed by atoms with van der Waals surface area (Å²) in [5.74, 6) is 1.61. The molecule has 1 aliphatic rings. The lowest BCUT2D eigenvalue weighted by Gasteiger charge is -2.35. The lowest BCUT2D eigenvalue weighted by molar-refractivity contribution is 0.229. The molecule has 0 bridgehead atoms. The highest BCUT2D eigenvalue weighted by Crippen LogP contribution is 2.35. The van der Waals surface area contributed by atoms with Gasteiger partial charge in [0.15, 0.2) is 0 Å². The third-order valence-corrected chi connectivity index (χ3v) is 5.48. The molecule has 1 saturated carbocycles. The van der Waals surface area contributed by atoms with Gasteiger partial charge in [-0.05, 0) is 37.2 Å². The maximum atomic E-state index is 4.00. The molecule has 0 aliphatic heterocycles. The van der Waals surface area contributed by atoms with Gasteiger partial charge in [-0.3, -0.25) is 0 Å². The predicted octanol–water partition coefficient (Wildman–Crippen LogP) is 5.72. The summed E-state index contributed by atoms with van der Waals surface area (Å²) in [5, 5.41) is 4.00. The van der Waals surface area contributed by atoms with E-state index in [9.17, 15) is 0 Å². The molecule has 0 heterocycles. The molecule has 1 heteroatoms. The van der Waals surface area contributed by atoms with Gasteiger partial charge < -0.3 is 5.32 Å². The van der Waals surface area contributed by atoms with Crippen molar-refractivity contribution in [3.05, 3.63) is 35.9 Å². The fraction of sp³-hybridized carbons (Fsp3) is 0.700. The van der Waals surface area contributed by atoms with Gasteiger partial charge in [0.25, 0.3) is 0 Å². The van der Waals surface area contributed by atoms with E-state index >= 15 is 0 Å². The van der Waals surface area contributed by atoms with Crippen LogP contribution in [0.15, 0.2) is 30.3 Å². The van der Waals surface area contributed by atoms with E-state index in [4.69, 9.17) is 0 Å². The molecule has 2 unspecified atom stereocenters. The standard InChI is InChI=1S/C20H33N/c1-4-17(5-2)16(3)21-20(18-12-8-6-9-13-18)19-14-10-7-11-15-19/h6,8-9,12-13,16-17,19-21H,4-5,7,10-11,14-15H2,1-3H3. The molecule has 2 atom stereocenters. The second-order valence-electron chi connectivity index (χ2n) is 6.82. The largest absolute Gasteiger partial charge is 0.307 e. The van der Waals surface area contributed by atoms with Crippen molar-refractivity contribution in [2.75, 3.05) is 0 Å². The molecule has 1 N–H and O–H groups in total. The number of benzene rings is 1. The van der Waals surface area contributed by atoms with Gasteiger partial charge in [0.1, 0.15) is 0 Å². The molecule has 0 saturated heterocycles. The van der Waals surface area contributed by atoms with Crippen LogP contribution in [0, 0.1) is 11.8 Å². The second kappa shape index (κ2) is 8.58. The molecule has 1 fully saturated rings. The molecule has 118 valence electrons. The average molecular weight is 287 g/mol. The summed E-state index contributed by atoms with van der Waals surface area (Å²) >= 11 is 0. The average Bonchev–Trinajstić information content (AvgIpc) is 2.55. The molecule has 1 aromatic rings. The zero-order valence-corrected chi connectivity index (χ0v) is 14.1. The minimum atomic E-state index is 0.544. The SMILES string of the molecule is CCC(CC)C(C)NC(c1ccccc1)C1CCCCC1. The molecule has 0 aromatic heterocycles. The van der Waals surface area contributed by atoms with Crippen LogP contribution in [0.4, 0.5) is 0 Å². The monoisotopic (exact) mass is 287 g/mol. The van der Waals surface area contributed by atoms with E-state index in [0.29, 0.717) is 12.1 Å². The van der Waals surface area contributed by atoms with Crippen molar-refractivity contribution in [3.8, 4) is 0 Å². The molecule has 0 amide bonds. The topological polar surface area (TPSA) is 12.0 Å². The molecule has 0 spiro atoms. The summed E-state index contributed by atoms with van der Waals surface area (Å²) in [6, 6.07) is 12.3. The Morgan fingerprint density at radius 2 is 1.62 bits per heavy atom. The maximum Gasteiger partial charge on any atom is 0.0351 e. The van der Waals surface area contributed by atoms with Crippen molar-refractivity contribution in [3.63, 3.8) is 0 Å². The van der Waals surface area contributed by atoms with Gasteiger partial charge in [0.2, 0.25) is 0 Å². The summed E-state index contributed by atoms with van der Waals surface area (Å²) in [7, 11) is 0. The van der Waals surface area contributed by atoms with Crippen LogP contribution < -0.4 is 5.32 Å². The molecule has 21 heavy (non-hydrogen) atoms. The molecular formula is C20H33N. The molecule has 1 aromatic carbocycles. The van der Waals surface area contributed by atoms with Gasteiger partial charge in [-0.15, -0.1) is 0 Å². The zero-order chi connectivity index (χ0) is 15.1. The van der Waals surface area contributed by atoms with Crippen molar-refractivity contribution in [1.82, 2.24) is 5.32 Å². The Kier molecular flexibility index (Phi) is 6.76. The summed E-state index contributed by atoms with van der Waals surface area (Å²) < 4.78 is 0. The summed E-state index contributed by atoms with van der Waals surface area (Å²) in [6.45, 7) is 7.03. The fourth-order valence-electron chi connectivity index (χ4n) is 4.05. The van der Waals surface area contributed by atoms with E-state index in [-0.39, 0.29) is 0 Å². The van der Waals surface area contributed by atoms with Crippen LogP contribution in [-0.4, -0.2) is 6.04 Å². The lowest BCUT2D eigenvalue weighted by atomic mass is 9.80. The van der Waals surface area contributed by atoms with Crippen molar-refractivity contribution >= 4 is 0 Å². The Hall–Kier alpha value is -0.820. The third-order valence-electron chi connectivity index (χ3n) is 5.48. The highest BCUT2D eigenvalue weighted by molar-refractivity contribution is 5.20. The summed E-state index contributed by atoms with van der Waals surface area (Å²) in [4.78, 5) is 0. The van der Waals surface area contributed by atoms with Crippen molar-refractivity contribution in [1.29, 1.82) is 0 Å². The summed E-state index contributed by atoms with van der Waals surface area (Å²) in [5.41, 5.74) is 1.49. The van der Waals surface area contributed by atoms with Gasteiger partial charge in [0, 0.05) is 12.1 Å². The lowest BCUT2D eigenvalue weighted by Crippen LogP contribution is -2.39. The molecular weight excluding hydrogens is 254 g/mol. The first-order valence-corrected chi connectivity index (χ1v) is 9.07. The van der Waals surface area contributed by atoms with Gasteiger partial charge in [0.05, 0.1) is 0 Å². The first kappa shape index (κ1) is 16.5.